The Bertz CT molecular complexity index is 1310. The van der Waals surface area contributed by atoms with Gasteiger partial charge in [-0.25, -0.2) is 4.79 Å². The zero-order valence-corrected chi connectivity index (χ0v) is 18.1. The summed E-state index contributed by atoms with van der Waals surface area (Å²) < 4.78 is 8.46. The number of imidazole rings is 1. The summed E-state index contributed by atoms with van der Waals surface area (Å²) in [6, 6.07) is 5.31. The summed E-state index contributed by atoms with van der Waals surface area (Å²) in [4.78, 5) is 53.2. The number of halogens is 1. The van der Waals surface area contributed by atoms with E-state index < -0.39 is 23.1 Å². The molecule has 0 saturated heterocycles. The first-order chi connectivity index (χ1) is 14.6. The molecule has 0 aliphatic carbocycles. The predicted octanol–water partition coefficient (Wildman–Crippen LogP) is 0.159. The maximum Gasteiger partial charge on any atom is 0.332 e. The SMILES string of the molecule is COc1ccc(C)cc1NC(=O)CNC(=O)Cn1c(Cl)nc2c1c(=O)n(C)c(=O)n2C. The number of hydrogen-bond donors (Lipinski definition) is 2. The van der Waals surface area contributed by atoms with Gasteiger partial charge in [-0.1, -0.05) is 6.07 Å². The number of ether oxygens (including phenoxy) is 1. The Hall–Kier alpha value is -3.60. The molecular weight excluding hydrogens is 428 g/mol. The van der Waals surface area contributed by atoms with Crippen LogP contribution < -0.4 is 26.6 Å². The second kappa shape index (κ2) is 8.64. The van der Waals surface area contributed by atoms with E-state index in [4.69, 9.17) is 16.3 Å². The molecule has 31 heavy (non-hydrogen) atoms. The molecule has 12 heteroatoms. The molecule has 11 nitrogen and oxygen atoms in total. The molecule has 2 amide bonds. The van der Waals surface area contributed by atoms with E-state index in [0.717, 1.165) is 10.1 Å². The summed E-state index contributed by atoms with van der Waals surface area (Å²) >= 11 is 6.09. The number of anilines is 1. The molecule has 3 aromatic rings. The van der Waals surface area contributed by atoms with E-state index in [1.807, 2.05) is 13.0 Å². The van der Waals surface area contributed by atoms with Crippen LogP contribution in [-0.4, -0.2) is 44.2 Å². The van der Waals surface area contributed by atoms with Gasteiger partial charge in [-0.05, 0) is 36.2 Å². The Morgan fingerprint density at radius 1 is 1.16 bits per heavy atom. The number of carbonyl (C=O) groups excluding carboxylic acids is 2. The maximum atomic E-state index is 12.5. The normalized spacial score (nSPS) is 10.9. The summed E-state index contributed by atoms with van der Waals surface area (Å²) in [7, 11) is 4.25. The fourth-order valence-corrected chi connectivity index (χ4v) is 3.28. The van der Waals surface area contributed by atoms with Crippen LogP contribution in [0, 0.1) is 6.92 Å². The van der Waals surface area contributed by atoms with Crippen molar-refractivity contribution in [1.29, 1.82) is 0 Å². The predicted molar refractivity (Wildman–Crippen MR) is 115 cm³/mol. The average molecular weight is 449 g/mol. The Balaban J connectivity index is 1.74. The number of nitrogens with zero attached hydrogens (tertiary/aromatic N) is 4. The minimum absolute atomic E-state index is 0.0127. The number of carbonyl (C=O) groups is 2. The number of aromatic nitrogens is 4. The number of hydrogen-bond acceptors (Lipinski definition) is 6. The third kappa shape index (κ3) is 4.31. The van der Waals surface area contributed by atoms with Crippen molar-refractivity contribution < 1.29 is 14.3 Å². The number of rotatable bonds is 6. The highest BCUT2D eigenvalue weighted by atomic mass is 35.5. The number of fused-ring (bicyclic) bond motifs is 1. The van der Waals surface area contributed by atoms with E-state index in [1.165, 1.54) is 30.3 Å². The fraction of sp³-hybridized carbons (Fsp3) is 0.316. The number of methoxy groups -OCH3 is 1. The molecule has 0 aliphatic heterocycles. The average Bonchev–Trinajstić information content (AvgIpc) is 3.05. The Morgan fingerprint density at radius 2 is 1.87 bits per heavy atom. The third-order valence-corrected chi connectivity index (χ3v) is 4.97. The lowest BCUT2D eigenvalue weighted by Crippen LogP contribution is -2.38. The van der Waals surface area contributed by atoms with Crippen molar-refractivity contribution in [2.24, 2.45) is 14.1 Å². The van der Waals surface area contributed by atoms with E-state index in [1.54, 1.807) is 12.1 Å². The van der Waals surface area contributed by atoms with Crippen molar-refractivity contribution in [2.45, 2.75) is 13.5 Å². The highest BCUT2D eigenvalue weighted by Gasteiger charge is 2.20. The smallest absolute Gasteiger partial charge is 0.332 e. The number of amides is 2. The van der Waals surface area contributed by atoms with E-state index in [0.29, 0.717) is 11.4 Å². The molecule has 2 N–H and O–H groups in total. The lowest BCUT2D eigenvalue weighted by molar-refractivity contribution is -0.124. The summed E-state index contributed by atoms with van der Waals surface area (Å²) in [5.41, 5.74) is 0.294. The van der Waals surface area contributed by atoms with Crippen LogP contribution in [0.15, 0.2) is 27.8 Å². The molecule has 2 heterocycles. The summed E-state index contributed by atoms with van der Waals surface area (Å²) in [5, 5.41) is 5.01. The highest BCUT2D eigenvalue weighted by Crippen LogP contribution is 2.24. The standard InChI is InChI=1S/C19H21ClN6O5/c1-10-5-6-12(31-4)11(7-10)22-13(27)8-21-14(28)9-26-15-16(23-18(26)20)24(2)19(30)25(3)17(15)29/h5-7H,8-9H2,1-4H3,(H,21,28)(H,22,27). The van der Waals surface area contributed by atoms with Crippen LogP contribution in [0.1, 0.15) is 5.56 Å². The highest BCUT2D eigenvalue weighted by molar-refractivity contribution is 6.29. The van der Waals surface area contributed by atoms with Gasteiger partial charge in [0.25, 0.3) is 5.56 Å². The van der Waals surface area contributed by atoms with Crippen molar-refractivity contribution in [2.75, 3.05) is 19.0 Å². The lowest BCUT2D eigenvalue weighted by Gasteiger charge is -2.12. The number of aryl methyl sites for hydroxylation is 2. The molecule has 2 aromatic heterocycles. The second-order valence-corrected chi connectivity index (χ2v) is 7.21. The molecule has 0 fully saturated rings. The third-order valence-electron chi connectivity index (χ3n) is 4.68. The van der Waals surface area contributed by atoms with Crippen molar-refractivity contribution in [3.05, 3.63) is 49.9 Å². The van der Waals surface area contributed by atoms with Crippen LogP contribution in [0.4, 0.5) is 5.69 Å². The van der Waals surface area contributed by atoms with Crippen LogP contribution in [0.25, 0.3) is 11.2 Å². The number of nitrogens with one attached hydrogen (secondary N) is 2. The Kier molecular flexibility index (Phi) is 6.16. The fourth-order valence-electron chi connectivity index (χ4n) is 3.06. The van der Waals surface area contributed by atoms with Crippen molar-refractivity contribution in [3.63, 3.8) is 0 Å². The van der Waals surface area contributed by atoms with Gasteiger partial charge in [-0.3, -0.25) is 28.1 Å². The van der Waals surface area contributed by atoms with Gasteiger partial charge in [0, 0.05) is 14.1 Å². The summed E-state index contributed by atoms with van der Waals surface area (Å²) in [6.45, 7) is 1.20. The number of benzene rings is 1. The summed E-state index contributed by atoms with van der Waals surface area (Å²) in [6.07, 6.45) is 0. The van der Waals surface area contributed by atoms with E-state index in [9.17, 15) is 19.2 Å². The molecule has 1 aromatic carbocycles. The van der Waals surface area contributed by atoms with Gasteiger partial charge >= 0.3 is 5.69 Å². The molecule has 0 spiro atoms. The van der Waals surface area contributed by atoms with Gasteiger partial charge in [0.15, 0.2) is 11.2 Å². The summed E-state index contributed by atoms with van der Waals surface area (Å²) in [5.74, 6) is -0.538. The molecular formula is C19H21ClN6O5. The van der Waals surface area contributed by atoms with Gasteiger partial charge in [0.2, 0.25) is 17.1 Å². The molecule has 0 atom stereocenters. The first kappa shape index (κ1) is 22.1. The van der Waals surface area contributed by atoms with Crippen molar-refractivity contribution in [3.8, 4) is 5.75 Å². The first-order valence-electron chi connectivity index (χ1n) is 9.17. The van der Waals surface area contributed by atoms with Crippen molar-refractivity contribution >= 4 is 40.3 Å². The van der Waals surface area contributed by atoms with Gasteiger partial charge in [0.05, 0.1) is 19.3 Å². The Morgan fingerprint density at radius 3 is 2.55 bits per heavy atom. The maximum absolute atomic E-state index is 12.5. The van der Waals surface area contributed by atoms with Crippen LogP contribution in [0.2, 0.25) is 5.28 Å². The Labute approximate surface area is 181 Å². The quantitative estimate of drug-likeness (QED) is 0.517. The molecule has 0 aliphatic rings. The van der Waals surface area contributed by atoms with Crippen LogP contribution in [0.5, 0.6) is 5.75 Å². The molecule has 3 rings (SSSR count). The van der Waals surface area contributed by atoms with E-state index in [-0.39, 0.29) is 29.5 Å². The van der Waals surface area contributed by atoms with Crippen LogP contribution in [0.3, 0.4) is 0 Å². The molecule has 0 bridgehead atoms. The monoisotopic (exact) mass is 448 g/mol. The van der Waals surface area contributed by atoms with Gasteiger partial charge in [-0.15, -0.1) is 0 Å². The van der Waals surface area contributed by atoms with E-state index >= 15 is 0 Å². The van der Waals surface area contributed by atoms with Gasteiger partial charge in [0.1, 0.15) is 12.3 Å². The van der Waals surface area contributed by atoms with Gasteiger partial charge in [-0.2, -0.15) is 4.98 Å². The topological polar surface area (TPSA) is 129 Å². The molecule has 0 radical (unpaired) electrons. The zero-order valence-electron chi connectivity index (χ0n) is 17.4. The van der Waals surface area contributed by atoms with Gasteiger partial charge < -0.3 is 15.4 Å². The first-order valence-corrected chi connectivity index (χ1v) is 9.54. The van der Waals surface area contributed by atoms with Crippen LogP contribution >= 0.6 is 11.6 Å². The second-order valence-electron chi connectivity index (χ2n) is 6.87. The minimum atomic E-state index is -0.630. The minimum Gasteiger partial charge on any atom is -0.495 e. The largest absolute Gasteiger partial charge is 0.495 e. The molecule has 0 saturated carbocycles. The zero-order chi connectivity index (χ0) is 22.9. The van der Waals surface area contributed by atoms with E-state index in [2.05, 4.69) is 15.6 Å². The molecule has 164 valence electrons. The van der Waals surface area contributed by atoms with Crippen molar-refractivity contribution in [1.82, 2.24) is 24.0 Å². The lowest BCUT2D eigenvalue weighted by atomic mass is 10.2. The van der Waals surface area contributed by atoms with Crippen LogP contribution in [-0.2, 0) is 30.2 Å². The molecule has 0 unspecified atom stereocenters.